The average molecular weight is 561 g/mol. The fraction of sp³-hybridized carbons (Fsp3) is 0.450. The Morgan fingerprint density at radius 3 is 2.62 bits per heavy atom. The summed E-state index contributed by atoms with van der Waals surface area (Å²) in [6, 6.07) is -1.16. The van der Waals surface area contributed by atoms with Gasteiger partial charge < -0.3 is 25.7 Å². The maximum absolute atomic E-state index is 12.9. The lowest BCUT2D eigenvalue weighted by Crippen LogP contribution is -2.71. The van der Waals surface area contributed by atoms with Gasteiger partial charge in [-0.25, -0.2) is 13.6 Å². The SMILES string of the molecule is CC(C)(C)C(=O)OCOC(=O)C1=C(/C=C\C(F)F)CS[C@@H]2[C@H](NC(=O)/C(=N\O)c3nsc(N)n3)C(=O)N12. The van der Waals surface area contributed by atoms with Crippen molar-refractivity contribution in [2.45, 2.75) is 38.6 Å². The summed E-state index contributed by atoms with van der Waals surface area (Å²) in [5, 5.41) is 13.7. The van der Waals surface area contributed by atoms with Gasteiger partial charge in [0.2, 0.25) is 18.3 Å². The lowest BCUT2D eigenvalue weighted by Gasteiger charge is -2.49. The van der Waals surface area contributed by atoms with Crippen LogP contribution in [0.2, 0.25) is 0 Å². The molecular weight excluding hydrogens is 538 g/mol. The minimum Gasteiger partial charge on any atom is -0.427 e. The number of carbonyl (C=O) groups is 4. The molecule has 13 nitrogen and oxygen atoms in total. The van der Waals surface area contributed by atoms with Gasteiger partial charge in [-0.15, -0.1) is 11.8 Å². The Balaban J connectivity index is 1.77. The molecule has 200 valence electrons. The van der Waals surface area contributed by atoms with Crippen molar-refractivity contribution < 1.29 is 42.6 Å². The van der Waals surface area contributed by atoms with Crippen molar-refractivity contribution in [1.82, 2.24) is 19.6 Å². The van der Waals surface area contributed by atoms with Crippen LogP contribution in [0.3, 0.4) is 0 Å². The van der Waals surface area contributed by atoms with E-state index in [0.717, 1.165) is 34.3 Å². The summed E-state index contributed by atoms with van der Waals surface area (Å²) in [6.45, 7) is 4.02. The number of β-lactam (4-membered cyclic amide) rings is 1. The number of nitrogens with two attached hydrogens (primary N) is 1. The molecule has 2 aliphatic heterocycles. The number of carbonyl (C=O) groups excluding carboxylic acids is 4. The molecule has 2 atom stereocenters. The molecule has 0 aliphatic carbocycles. The number of aromatic nitrogens is 2. The molecule has 2 amide bonds. The van der Waals surface area contributed by atoms with Crippen molar-refractivity contribution in [3.63, 3.8) is 0 Å². The summed E-state index contributed by atoms with van der Waals surface area (Å²) in [6.07, 6.45) is -1.27. The van der Waals surface area contributed by atoms with Crippen molar-refractivity contribution >= 4 is 57.9 Å². The molecule has 4 N–H and O–H groups in total. The lowest BCUT2D eigenvalue weighted by molar-refractivity contribution is -0.173. The van der Waals surface area contributed by atoms with Crippen LogP contribution in [0, 0.1) is 5.41 Å². The number of allylic oxidation sites excluding steroid dienone is 2. The molecule has 0 radical (unpaired) electrons. The van der Waals surface area contributed by atoms with E-state index in [2.05, 4.69) is 19.8 Å². The molecule has 2 aliphatic rings. The Hall–Kier alpha value is -3.60. The fourth-order valence-corrected chi connectivity index (χ4v) is 4.86. The van der Waals surface area contributed by atoms with Gasteiger partial charge in [0.1, 0.15) is 17.1 Å². The van der Waals surface area contributed by atoms with Gasteiger partial charge in [0, 0.05) is 17.3 Å². The molecular formula is C20H22F2N6O7S2. The smallest absolute Gasteiger partial charge is 0.358 e. The van der Waals surface area contributed by atoms with Crippen molar-refractivity contribution in [3.05, 3.63) is 29.2 Å². The summed E-state index contributed by atoms with van der Waals surface area (Å²) in [4.78, 5) is 55.0. The van der Waals surface area contributed by atoms with Gasteiger partial charge >= 0.3 is 11.9 Å². The van der Waals surface area contributed by atoms with Crippen LogP contribution in [0.1, 0.15) is 26.6 Å². The predicted octanol–water partition coefficient (Wildman–Crippen LogP) is 0.864. The van der Waals surface area contributed by atoms with Gasteiger partial charge in [0.05, 0.1) is 5.41 Å². The number of ether oxygens (including phenoxy) is 2. The molecule has 1 saturated heterocycles. The quantitative estimate of drug-likeness (QED) is 0.102. The topological polar surface area (TPSA) is 186 Å². The van der Waals surface area contributed by atoms with Crippen LogP contribution in [0.5, 0.6) is 0 Å². The highest BCUT2D eigenvalue weighted by molar-refractivity contribution is 8.00. The molecule has 1 aromatic rings. The monoisotopic (exact) mass is 560 g/mol. The zero-order valence-corrected chi connectivity index (χ0v) is 21.3. The third-order valence-electron chi connectivity index (χ3n) is 4.88. The van der Waals surface area contributed by atoms with E-state index in [9.17, 15) is 33.2 Å². The van der Waals surface area contributed by atoms with Gasteiger partial charge in [0.15, 0.2) is 5.13 Å². The van der Waals surface area contributed by atoms with E-state index in [1.54, 1.807) is 20.8 Å². The van der Waals surface area contributed by atoms with Crippen LogP contribution in [-0.4, -0.2) is 79.3 Å². The second kappa shape index (κ2) is 11.2. The van der Waals surface area contributed by atoms with E-state index in [0.29, 0.717) is 6.08 Å². The Kier molecular flexibility index (Phi) is 8.47. The molecule has 17 heteroatoms. The Morgan fingerprint density at radius 2 is 2.05 bits per heavy atom. The summed E-state index contributed by atoms with van der Waals surface area (Å²) in [5.41, 5.74) is 3.78. The van der Waals surface area contributed by atoms with Crippen LogP contribution >= 0.6 is 23.3 Å². The second-order valence-electron chi connectivity index (χ2n) is 8.56. The van der Waals surface area contributed by atoms with E-state index >= 15 is 0 Å². The summed E-state index contributed by atoms with van der Waals surface area (Å²) >= 11 is 1.85. The van der Waals surface area contributed by atoms with E-state index in [4.69, 9.17) is 15.2 Å². The van der Waals surface area contributed by atoms with Gasteiger partial charge in [-0.3, -0.25) is 19.3 Å². The first-order valence-corrected chi connectivity index (χ1v) is 12.3. The van der Waals surface area contributed by atoms with Gasteiger partial charge in [-0.05, 0) is 32.4 Å². The maximum Gasteiger partial charge on any atom is 0.358 e. The van der Waals surface area contributed by atoms with Gasteiger partial charge in [-0.1, -0.05) is 11.2 Å². The van der Waals surface area contributed by atoms with Crippen molar-refractivity contribution in [2.75, 3.05) is 18.3 Å². The molecule has 0 aromatic carbocycles. The zero-order valence-electron chi connectivity index (χ0n) is 19.6. The first kappa shape index (κ1) is 28.0. The predicted molar refractivity (Wildman–Crippen MR) is 126 cm³/mol. The molecule has 3 rings (SSSR count). The number of nitrogens with zero attached hydrogens (tertiary/aromatic N) is 4. The van der Waals surface area contributed by atoms with E-state index < -0.39 is 59.5 Å². The Morgan fingerprint density at radius 1 is 1.35 bits per heavy atom. The second-order valence-corrected chi connectivity index (χ2v) is 10.5. The van der Waals surface area contributed by atoms with Crippen molar-refractivity contribution in [3.8, 4) is 0 Å². The Labute approximate surface area is 216 Å². The zero-order chi connectivity index (χ0) is 27.5. The van der Waals surface area contributed by atoms with E-state index in [-0.39, 0.29) is 28.0 Å². The minimum absolute atomic E-state index is 0.0152. The maximum atomic E-state index is 12.9. The van der Waals surface area contributed by atoms with Crippen molar-refractivity contribution in [2.24, 2.45) is 10.6 Å². The number of fused-ring (bicyclic) bond motifs is 1. The summed E-state index contributed by atoms with van der Waals surface area (Å²) < 4.78 is 39.2. The fourth-order valence-electron chi connectivity index (χ4n) is 3.10. The van der Waals surface area contributed by atoms with E-state index in [1.807, 2.05) is 0 Å². The number of nitrogen functional groups attached to an aromatic ring is 1. The number of hydrogen-bond donors (Lipinski definition) is 3. The summed E-state index contributed by atoms with van der Waals surface area (Å²) in [5.74, 6) is -3.71. The number of nitrogens with one attached hydrogen (secondary N) is 1. The van der Waals surface area contributed by atoms with Crippen LogP contribution in [0.25, 0.3) is 0 Å². The van der Waals surface area contributed by atoms with Crippen molar-refractivity contribution in [1.29, 1.82) is 0 Å². The molecule has 0 saturated carbocycles. The molecule has 1 fully saturated rings. The largest absolute Gasteiger partial charge is 0.427 e. The number of hydrogen-bond acceptors (Lipinski definition) is 13. The van der Waals surface area contributed by atoms with Crippen LogP contribution in [0.4, 0.5) is 13.9 Å². The molecule has 37 heavy (non-hydrogen) atoms. The molecule has 1 aromatic heterocycles. The molecule has 0 bridgehead atoms. The number of anilines is 1. The molecule has 0 spiro atoms. The number of halogens is 2. The van der Waals surface area contributed by atoms with E-state index in [1.165, 1.54) is 0 Å². The number of alkyl halides is 2. The van der Waals surface area contributed by atoms with Crippen LogP contribution in [-0.2, 0) is 28.7 Å². The third-order valence-corrected chi connectivity index (χ3v) is 6.73. The highest BCUT2D eigenvalue weighted by Crippen LogP contribution is 2.41. The number of rotatable bonds is 8. The number of oxime groups is 1. The first-order chi connectivity index (χ1) is 17.3. The Bertz CT molecular complexity index is 1190. The standard InChI is InChI=1S/C20H22F2N6O7S2/c1-20(2,3)18(32)35-7-34-17(31)12-8(4-5-9(21)22)6-36-16-11(15(30)28(12)16)24-14(29)10(26-33)13-25-19(23)37-27-13/h4-5,9,11,16,33H,6-7H2,1-3H3,(H,24,29)(H2,23,25,27)/b5-4-,26-10-/t11-,16-/m1/s1. The average Bonchev–Trinajstić information content (AvgIpc) is 3.25. The van der Waals surface area contributed by atoms with Gasteiger partial charge in [0.25, 0.3) is 18.2 Å². The lowest BCUT2D eigenvalue weighted by atomic mass is 9.98. The third kappa shape index (κ3) is 6.22. The highest BCUT2D eigenvalue weighted by atomic mass is 32.2. The summed E-state index contributed by atoms with van der Waals surface area (Å²) in [7, 11) is 0. The highest BCUT2D eigenvalue weighted by Gasteiger charge is 2.54. The first-order valence-electron chi connectivity index (χ1n) is 10.5. The number of thioether (sulfide) groups is 1. The van der Waals surface area contributed by atoms with Crippen LogP contribution in [0.15, 0.2) is 28.6 Å². The number of esters is 2. The number of amides is 2. The minimum atomic E-state index is -2.82. The normalized spacial score (nSPS) is 20.1. The molecule has 0 unspecified atom stereocenters. The van der Waals surface area contributed by atoms with Crippen LogP contribution < -0.4 is 11.1 Å². The van der Waals surface area contributed by atoms with Gasteiger partial charge in [-0.2, -0.15) is 9.36 Å². The molecule has 3 heterocycles.